The zero-order valence-electron chi connectivity index (χ0n) is 10.3. The van der Waals surface area contributed by atoms with Crippen LogP contribution in [0.2, 0.25) is 0 Å². The molecule has 1 aliphatic heterocycles. The number of piperidine rings is 1. The fourth-order valence-corrected chi connectivity index (χ4v) is 1.96. The number of carbonyl (C=O) groups is 1. The van der Waals surface area contributed by atoms with E-state index in [1.165, 1.54) is 0 Å². The second kappa shape index (κ2) is 6.36. The first kappa shape index (κ1) is 15.2. The predicted molar refractivity (Wildman–Crippen MR) is 58.8 cm³/mol. The molecular weight excluding hydrogens is 252 g/mol. The maximum Gasteiger partial charge on any atom is 0.383 e. The first-order valence-corrected chi connectivity index (χ1v) is 5.97. The third-order valence-corrected chi connectivity index (χ3v) is 3.25. The fraction of sp³-hybridized carbons (Fsp3) is 0.909. The average Bonchev–Trinajstić information content (AvgIpc) is 2.31. The molecule has 0 aromatic carbocycles. The molecule has 0 aromatic heterocycles. The van der Waals surface area contributed by atoms with Gasteiger partial charge in [0.15, 0.2) is 0 Å². The molecule has 0 unspecified atom stereocenters. The maximum atomic E-state index is 12.6. The Kier molecular flexibility index (Phi) is 5.37. The van der Waals surface area contributed by atoms with E-state index in [1.807, 2.05) is 12.4 Å². The summed E-state index contributed by atoms with van der Waals surface area (Å²) in [5, 5.41) is 1.88. The lowest BCUT2D eigenvalue weighted by Crippen LogP contribution is -2.45. The van der Waals surface area contributed by atoms with Gasteiger partial charge in [0, 0.05) is 6.54 Å². The summed E-state index contributed by atoms with van der Waals surface area (Å²) in [4.78, 5) is 13.0. The van der Waals surface area contributed by atoms with Crippen molar-refractivity contribution in [1.82, 2.24) is 10.2 Å². The summed E-state index contributed by atoms with van der Waals surface area (Å²) in [7, 11) is 2.00. The Balaban J connectivity index is 2.23. The number of nitrogens with zero attached hydrogens (tertiary/aromatic N) is 1. The van der Waals surface area contributed by atoms with Gasteiger partial charge in [-0.25, -0.2) is 8.78 Å². The van der Waals surface area contributed by atoms with Gasteiger partial charge in [-0.2, -0.15) is 8.78 Å². The number of alkyl halides is 4. The number of rotatable bonds is 5. The van der Waals surface area contributed by atoms with Crippen LogP contribution in [0.1, 0.15) is 19.3 Å². The first-order valence-electron chi connectivity index (χ1n) is 5.97. The highest BCUT2D eigenvalue weighted by atomic mass is 19.3. The molecule has 1 saturated heterocycles. The van der Waals surface area contributed by atoms with E-state index in [1.54, 1.807) is 0 Å². The third kappa shape index (κ3) is 4.12. The molecule has 0 spiro atoms. The highest BCUT2D eigenvalue weighted by Crippen LogP contribution is 2.23. The Morgan fingerprint density at radius 3 is 2.44 bits per heavy atom. The maximum absolute atomic E-state index is 12.6. The zero-order valence-corrected chi connectivity index (χ0v) is 10.3. The predicted octanol–water partition coefficient (Wildman–Crippen LogP) is 1.73. The van der Waals surface area contributed by atoms with Gasteiger partial charge in [0.05, 0.1) is 0 Å². The molecule has 0 bridgehead atoms. The Hall–Kier alpha value is -0.850. The van der Waals surface area contributed by atoms with Crippen LogP contribution >= 0.6 is 0 Å². The highest BCUT2D eigenvalue weighted by molar-refractivity contribution is 5.83. The van der Waals surface area contributed by atoms with Gasteiger partial charge in [0.2, 0.25) is 0 Å². The van der Waals surface area contributed by atoms with E-state index in [2.05, 4.69) is 4.90 Å². The summed E-state index contributed by atoms with van der Waals surface area (Å²) < 4.78 is 48.9. The molecule has 0 aliphatic carbocycles. The first-order chi connectivity index (χ1) is 8.34. The number of hydrogen-bond donors (Lipinski definition) is 1. The molecular formula is C11H18F4N2O. The quantitative estimate of drug-likeness (QED) is 0.772. The van der Waals surface area contributed by atoms with Gasteiger partial charge in [-0.3, -0.25) is 4.79 Å². The molecule has 1 aliphatic rings. The van der Waals surface area contributed by atoms with E-state index in [0.717, 1.165) is 25.9 Å². The topological polar surface area (TPSA) is 32.3 Å². The number of halogens is 4. The summed E-state index contributed by atoms with van der Waals surface area (Å²) in [6.07, 6.45) is -1.52. The Bertz CT molecular complexity index is 278. The van der Waals surface area contributed by atoms with Gasteiger partial charge in [-0.05, 0) is 45.3 Å². The van der Waals surface area contributed by atoms with Gasteiger partial charge in [-0.15, -0.1) is 0 Å². The molecule has 7 heteroatoms. The van der Waals surface area contributed by atoms with Crippen LogP contribution in [0.5, 0.6) is 0 Å². The zero-order chi connectivity index (χ0) is 13.8. The molecule has 0 atom stereocenters. The van der Waals surface area contributed by atoms with E-state index in [0.29, 0.717) is 12.3 Å². The summed E-state index contributed by atoms with van der Waals surface area (Å²) in [6, 6.07) is 0. The largest absolute Gasteiger partial charge is 0.383 e. The Labute approximate surface area is 104 Å². The normalized spacial score (nSPS) is 19.2. The second-order valence-electron chi connectivity index (χ2n) is 4.71. The van der Waals surface area contributed by atoms with Crippen LogP contribution < -0.4 is 5.32 Å². The Morgan fingerprint density at radius 1 is 1.39 bits per heavy atom. The van der Waals surface area contributed by atoms with E-state index in [-0.39, 0.29) is 6.54 Å². The lowest BCUT2D eigenvalue weighted by atomic mass is 9.94. The molecule has 3 nitrogen and oxygen atoms in total. The summed E-state index contributed by atoms with van der Waals surface area (Å²) in [5.41, 5.74) is 0. The van der Waals surface area contributed by atoms with Crippen molar-refractivity contribution in [2.24, 2.45) is 5.92 Å². The van der Waals surface area contributed by atoms with E-state index < -0.39 is 18.3 Å². The van der Waals surface area contributed by atoms with Crippen LogP contribution in [0.15, 0.2) is 0 Å². The molecule has 1 amide bonds. The summed E-state index contributed by atoms with van der Waals surface area (Å²) in [5.74, 6) is -6.11. The molecule has 0 saturated carbocycles. The minimum atomic E-state index is -4.59. The van der Waals surface area contributed by atoms with Crippen molar-refractivity contribution in [2.75, 3.05) is 26.7 Å². The lowest BCUT2D eigenvalue weighted by molar-refractivity contribution is -0.169. The van der Waals surface area contributed by atoms with Crippen molar-refractivity contribution >= 4 is 5.91 Å². The molecule has 1 rings (SSSR count). The number of amides is 1. The van der Waals surface area contributed by atoms with Crippen LogP contribution in [-0.4, -0.2) is 49.8 Å². The summed E-state index contributed by atoms with van der Waals surface area (Å²) >= 11 is 0. The molecule has 0 radical (unpaired) electrons. The molecule has 18 heavy (non-hydrogen) atoms. The lowest BCUT2D eigenvalue weighted by Gasteiger charge is -2.29. The van der Waals surface area contributed by atoms with Crippen LogP contribution in [0, 0.1) is 5.92 Å². The minimum absolute atomic E-state index is 0.0233. The van der Waals surface area contributed by atoms with Gasteiger partial charge in [-0.1, -0.05) is 0 Å². The van der Waals surface area contributed by atoms with Crippen LogP contribution in [0.4, 0.5) is 17.6 Å². The highest BCUT2D eigenvalue weighted by Gasteiger charge is 2.48. The number of carbonyl (C=O) groups excluding carboxylic acids is 1. The molecule has 1 heterocycles. The van der Waals surface area contributed by atoms with Crippen molar-refractivity contribution < 1.29 is 22.4 Å². The van der Waals surface area contributed by atoms with Gasteiger partial charge in [0.1, 0.15) is 0 Å². The van der Waals surface area contributed by atoms with E-state index in [4.69, 9.17) is 0 Å². The van der Waals surface area contributed by atoms with Crippen LogP contribution in [0.3, 0.4) is 0 Å². The summed E-state index contributed by atoms with van der Waals surface area (Å²) in [6.45, 7) is 1.90. The van der Waals surface area contributed by atoms with Crippen molar-refractivity contribution in [3.63, 3.8) is 0 Å². The minimum Gasteiger partial charge on any atom is -0.351 e. The average molecular weight is 270 g/mol. The standard InChI is InChI=1S/C11H18F4N2O/c1-17-6-3-8(4-7-17)2-5-16-10(18)11(14,15)9(12)13/h8-9H,2-7H2,1H3,(H,16,18). The molecule has 1 N–H and O–H groups in total. The van der Waals surface area contributed by atoms with Crippen LogP contribution in [-0.2, 0) is 4.79 Å². The van der Waals surface area contributed by atoms with Gasteiger partial charge >= 0.3 is 12.3 Å². The number of hydrogen-bond acceptors (Lipinski definition) is 2. The molecule has 1 fully saturated rings. The van der Waals surface area contributed by atoms with Crippen molar-refractivity contribution in [1.29, 1.82) is 0 Å². The smallest absolute Gasteiger partial charge is 0.351 e. The monoisotopic (exact) mass is 270 g/mol. The molecule has 0 aromatic rings. The van der Waals surface area contributed by atoms with Crippen molar-refractivity contribution in [3.8, 4) is 0 Å². The SMILES string of the molecule is CN1CCC(CCNC(=O)C(F)(F)C(F)F)CC1. The van der Waals surface area contributed by atoms with Crippen molar-refractivity contribution in [2.45, 2.75) is 31.6 Å². The van der Waals surface area contributed by atoms with Gasteiger partial charge < -0.3 is 10.2 Å². The number of likely N-dealkylation sites (tertiary alicyclic amines) is 1. The van der Waals surface area contributed by atoms with Crippen LogP contribution in [0.25, 0.3) is 0 Å². The van der Waals surface area contributed by atoms with E-state index >= 15 is 0 Å². The molecule has 106 valence electrons. The fourth-order valence-electron chi connectivity index (χ4n) is 1.96. The van der Waals surface area contributed by atoms with Gasteiger partial charge in [0.25, 0.3) is 5.91 Å². The third-order valence-electron chi connectivity index (χ3n) is 3.25. The number of nitrogens with one attached hydrogen (secondary N) is 1. The van der Waals surface area contributed by atoms with Crippen molar-refractivity contribution in [3.05, 3.63) is 0 Å². The Morgan fingerprint density at radius 2 is 1.94 bits per heavy atom. The second-order valence-corrected chi connectivity index (χ2v) is 4.71. The van der Waals surface area contributed by atoms with E-state index in [9.17, 15) is 22.4 Å².